The van der Waals surface area contributed by atoms with Crippen LogP contribution in [0.4, 0.5) is 5.82 Å². The van der Waals surface area contributed by atoms with Crippen molar-refractivity contribution in [2.75, 3.05) is 11.9 Å². The van der Waals surface area contributed by atoms with Crippen molar-refractivity contribution >= 4 is 22.9 Å². The van der Waals surface area contributed by atoms with E-state index in [4.69, 9.17) is 9.84 Å². The van der Waals surface area contributed by atoms with Crippen LogP contribution in [0.3, 0.4) is 0 Å². The van der Waals surface area contributed by atoms with Crippen LogP contribution >= 0.6 is 0 Å². The second-order valence-corrected chi connectivity index (χ2v) is 8.14. The molecule has 0 spiro atoms. The third-order valence-corrected chi connectivity index (χ3v) is 5.35. The highest BCUT2D eigenvalue weighted by Gasteiger charge is 2.33. The molecule has 158 valence electrons. The molecule has 9 heteroatoms. The van der Waals surface area contributed by atoms with Crippen LogP contribution in [0.1, 0.15) is 43.0 Å². The van der Waals surface area contributed by atoms with Gasteiger partial charge in [0.05, 0.1) is 18.6 Å². The van der Waals surface area contributed by atoms with E-state index < -0.39 is 0 Å². The maximum absolute atomic E-state index is 12.7. The van der Waals surface area contributed by atoms with Crippen LogP contribution in [0.15, 0.2) is 36.9 Å². The highest BCUT2D eigenvalue weighted by atomic mass is 16.5. The largest absolute Gasteiger partial charge is 0.493 e. The van der Waals surface area contributed by atoms with Crippen LogP contribution in [-0.4, -0.2) is 42.2 Å². The van der Waals surface area contributed by atoms with E-state index in [1.54, 1.807) is 11.0 Å². The quantitative estimate of drug-likeness (QED) is 0.515. The van der Waals surface area contributed by atoms with Gasteiger partial charge in [0.1, 0.15) is 23.4 Å². The number of rotatable bonds is 5. The number of fused-ring (bicyclic) bond motifs is 2. The first-order valence-electron chi connectivity index (χ1n) is 10.3. The molecule has 1 amide bonds. The molecule has 4 aromatic rings. The summed E-state index contributed by atoms with van der Waals surface area (Å²) in [5, 5.41) is 7.71. The lowest BCUT2D eigenvalue weighted by Crippen LogP contribution is -2.25. The molecule has 0 saturated carbocycles. The van der Waals surface area contributed by atoms with Gasteiger partial charge in [-0.2, -0.15) is 9.78 Å². The van der Waals surface area contributed by atoms with Crippen LogP contribution in [0, 0.1) is 12.8 Å². The summed E-state index contributed by atoms with van der Waals surface area (Å²) in [4.78, 5) is 28.5. The molecule has 1 aliphatic heterocycles. The molecule has 0 aliphatic carbocycles. The lowest BCUT2D eigenvalue weighted by atomic mass is 9.86. The highest BCUT2D eigenvalue weighted by Crippen LogP contribution is 2.41. The van der Waals surface area contributed by atoms with Gasteiger partial charge < -0.3 is 15.0 Å². The van der Waals surface area contributed by atoms with E-state index in [1.165, 1.54) is 6.33 Å². The molecule has 1 aliphatic rings. The summed E-state index contributed by atoms with van der Waals surface area (Å²) < 4.78 is 7.57. The first-order valence-corrected chi connectivity index (χ1v) is 10.3. The minimum Gasteiger partial charge on any atom is -0.493 e. The van der Waals surface area contributed by atoms with E-state index in [2.05, 4.69) is 39.1 Å². The Balaban J connectivity index is 1.60. The van der Waals surface area contributed by atoms with Gasteiger partial charge in [-0.25, -0.2) is 15.0 Å². The van der Waals surface area contributed by atoms with E-state index >= 15 is 0 Å². The number of hydrogen-bond acceptors (Lipinski definition) is 6. The Kier molecular flexibility index (Phi) is 4.65. The number of hydrogen-bond donors (Lipinski definition) is 2. The zero-order valence-electron chi connectivity index (χ0n) is 17.6. The first kappa shape index (κ1) is 19.2. The SMILES string of the molecule is Cc1nn(-c2ncnc3nc[nH]c23)c2c1C(c1cccc(OCC(C)C)c1)CC(=O)N2. The number of nitrogens with zero attached hydrogens (tertiary/aromatic N) is 5. The molecule has 1 aromatic carbocycles. The Bertz CT molecular complexity index is 1270. The van der Waals surface area contributed by atoms with Gasteiger partial charge in [-0.1, -0.05) is 26.0 Å². The van der Waals surface area contributed by atoms with Crippen molar-refractivity contribution in [2.24, 2.45) is 5.92 Å². The number of carbonyl (C=O) groups excluding carboxylic acids is 1. The fourth-order valence-electron chi connectivity index (χ4n) is 3.98. The predicted octanol–water partition coefficient (Wildman–Crippen LogP) is 3.36. The second kappa shape index (κ2) is 7.50. The maximum atomic E-state index is 12.7. The molecule has 0 saturated heterocycles. The van der Waals surface area contributed by atoms with Gasteiger partial charge in [0.25, 0.3) is 0 Å². The van der Waals surface area contributed by atoms with Crippen molar-refractivity contribution in [1.82, 2.24) is 29.7 Å². The van der Waals surface area contributed by atoms with Gasteiger partial charge in [-0.3, -0.25) is 4.79 Å². The standard InChI is InChI=1S/C22H23N7O2/c1-12(2)9-31-15-6-4-5-14(7-15)16-8-17(30)27-21-18(16)13(3)28-29(21)22-19-20(24-10-23-19)25-11-26-22/h4-7,10-12,16H,8-9H2,1-3H3,(H,27,30)(H,23,24,25,26). The molecular weight excluding hydrogens is 394 g/mol. The monoisotopic (exact) mass is 417 g/mol. The number of aromatic nitrogens is 6. The second-order valence-electron chi connectivity index (χ2n) is 8.14. The fraction of sp³-hybridized carbons (Fsp3) is 0.318. The van der Waals surface area contributed by atoms with Crippen molar-refractivity contribution in [3.8, 4) is 11.6 Å². The van der Waals surface area contributed by atoms with Crippen molar-refractivity contribution < 1.29 is 9.53 Å². The lowest BCUT2D eigenvalue weighted by Gasteiger charge is -2.24. The summed E-state index contributed by atoms with van der Waals surface area (Å²) in [7, 11) is 0. The number of H-pyrrole nitrogens is 1. The summed E-state index contributed by atoms with van der Waals surface area (Å²) in [5.74, 6) is 2.21. The zero-order valence-corrected chi connectivity index (χ0v) is 17.6. The fourth-order valence-corrected chi connectivity index (χ4v) is 3.98. The maximum Gasteiger partial charge on any atom is 0.226 e. The van der Waals surface area contributed by atoms with Gasteiger partial charge in [-0.05, 0) is 30.5 Å². The lowest BCUT2D eigenvalue weighted by molar-refractivity contribution is -0.116. The Hall–Kier alpha value is -3.75. The summed E-state index contributed by atoms with van der Waals surface area (Å²) in [6.07, 6.45) is 3.35. The molecule has 3 aromatic heterocycles. The smallest absolute Gasteiger partial charge is 0.226 e. The number of aromatic amines is 1. The van der Waals surface area contributed by atoms with Crippen LogP contribution < -0.4 is 10.1 Å². The average molecular weight is 417 g/mol. The van der Waals surface area contributed by atoms with Gasteiger partial charge >= 0.3 is 0 Å². The van der Waals surface area contributed by atoms with Crippen LogP contribution in [0.2, 0.25) is 0 Å². The third kappa shape index (κ3) is 3.41. The highest BCUT2D eigenvalue weighted by molar-refractivity contribution is 5.95. The summed E-state index contributed by atoms with van der Waals surface area (Å²) >= 11 is 0. The molecule has 1 atom stereocenters. The van der Waals surface area contributed by atoms with Crippen LogP contribution in [0.5, 0.6) is 5.75 Å². The number of imidazole rings is 1. The Labute approximate surface area is 178 Å². The average Bonchev–Trinajstić information content (AvgIpc) is 3.36. The molecule has 31 heavy (non-hydrogen) atoms. The molecular formula is C22H23N7O2. The van der Waals surface area contributed by atoms with E-state index in [-0.39, 0.29) is 11.8 Å². The third-order valence-electron chi connectivity index (χ3n) is 5.35. The predicted molar refractivity (Wildman–Crippen MR) is 115 cm³/mol. The molecule has 0 radical (unpaired) electrons. The normalized spacial score (nSPS) is 15.9. The Morgan fingerprint density at radius 3 is 2.97 bits per heavy atom. The number of ether oxygens (including phenoxy) is 1. The number of carbonyl (C=O) groups is 1. The van der Waals surface area contributed by atoms with Gasteiger partial charge in [0, 0.05) is 17.9 Å². The number of aryl methyl sites for hydroxylation is 1. The first-order chi connectivity index (χ1) is 15.0. The van der Waals surface area contributed by atoms with Crippen molar-refractivity contribution in [3.63, 3.8) is 0 Å². The van der Waals surface area contributed by atoms with Crippen molar-refractivity contribution in [2.45, 2.75) is 33.1 Å². The number of amides is 1. The van der Waals surface area contributed by atoms with E-state index in [1.807, 2.05) is 31.2 Å². The van der Waals surface area contributed by atoms with Gasteiger partial charge in [0.15, 0.2) is 11.5 Å². The number of anilines is 1. The summed E-state index contributed by atoms with van der Waals surface area (Å²) in [5.41, 5.74) is 4.04. The minimum absolute atomic E-state index is 0.0675. The number of benzene rings is 1. The van der Waals surface area contributed by atoms with Crippen molar-refractivity contribution in [3.05, 3.63) is 53.7 Å². The molecule has 1 unspecified atom stereocenters. The van der Waals surface area contributed by atoms with Crippen molar-refractivity contribution in [1.29, 1.82) is 0 Å². The minimum atomic E-state index is -0.126. The summed E-state index contributed by atoms with van der Waals surface area (Å²) in [6, 6.07) is 7.96. The van der Waals surface area contributed by atoms with E-state index in [9.17, 15) is 4.79 Å². The molecule has 2 N–H and O–H groups in total. The Morgan fingerprint density at radius 1 is 1.26 bits per heavy atom. The molecule has 9 nitrogen and oxygen atoms in total. The molecule has 4 heterocycles. The topological polar surface area (TPSA) is 111 Å². The molecule has 5 rings (SSSR count). The Morgan fingerprint density at radius 2 is 2.13 bits per heavy atom. The molecule has 0 fully saturated rings. The van der Waals surface area contributed by atoms with Crippen LogP contribution in [-0.2, 0) is 4.79 Å². The zero-order chi connectivity index (χ0) is 21.5. The van der Waals surface area contributed by atoms with Gasteiger partial charge in [0.2, 0.25) is 5.91 Å². The van der Waals surface area contributed by atoms with Gasteiger partial charge in [-0.15, -0.1) is 0 Å². The van der Waals surface area contributed by atoms with Crippen LogP contribution in [0.25, 0.3) is 17.0 Å². The van der Waals surface area contributed by atoms with E-state index in [0.717, 1.165) is 22.6 Å². The van der Waals surface area contributed by atoms with E-state index in [0.29, 0.717) is 41.7 Å². The number of nitrogens with one attached hydrogen (secondary N) is 2. The molecule has 0 bridgehead atoms. The summed E-state index contributed by atoms with van der Waals surface area (Å²) in [6.45, 7) is 6.82.